The van der Waals surface area contributed by atoms with Crippen LogP contribution in [0.5, 0.6) is 0 Å². The summed E-state index contributed by atoms with van der Waals surface area (Å²) in [5.41, 5.74) is 1.00. The molecule has 0 aliphatic carbocycles. The van der Waals surface area contributed by atoms with Crippen molar-refractivity contribution in [3.63, 3.8) is 0 Å². The first-order chi connectivity index (χ1) is 7.04. The molecule has 1 unspecified atom stereocenters. The molecule has 0 saturated heterocycles. The van der Waals surface area contributed by atoms with Crippen molar-refractivity contribution in [2.45, 2.75) is 26.7 Å². The van der Waals surface area contributed by atoms with Crippen LogP contribution in [0.3, 0.4) is 0 Å². The van der Waals surface area contributed by atoms with Gasteiger partial charge in [0.15, 0.2) is 0 Å². The molecule has 4 nitrogen and oxygen atoms in total. The Morgan fingerprint density at radius 1 is 1.60 bits per heavy atom. The van der Waals surface area contributed by atoms with Gasteiger partial charge in [0.05, 0.1) is 5.92 Å². The highest BCUT2D eigenvalue weighted by molar-refractivity contribution is 5.73. The minimum Gasteiger partial charge on any atom is -0.481 e. The number of carboxylic acid groups (broad SMARTS) is 1. The Balaban J connectivity index is 2.73. The molecule has 1 aromatic heterocycles. The Hall–Kier alpha value is -1.58. The van der Waals surface area contributed by atoms with Crippen LogP contribution < -0.4 is 0 Å². The smallest absolute Gasteiger partial charge is 0.307 e. The van der Waals surface area contributed by atoms with E-state index in [9.17, 15) is 9.59 Å². The van der Waals surface area contributed by atoms with E-state index in [1.165, 1.54) is 0 Å². The molecule has 0 bridgehead atoms. The second-order valence-corrected chi connectivity index (χ2v) is 3.59. The number of hydrogen-bond acceptors (Lipinski definition) is 3. The van der Waals surface area contributed by atoms with Crippen molar-refractivity contribution in [1.82, 2.24) is 0 Å². The summed E-state index contributed by atoms with van der Waals surface area (Å²) in [6.45, 7) is 3.73. The molecule has 4 heteroatoms. The van der Waals surface area contributed by atoms with E-state index >= 15 is 0 Å². The van der Waals surface area contributed by atoms with Crippen molar-refractivity contribution in [2.24, 2.45) is 5.92 Å². The third-order valence-corrected chi connectivity index (χ3v) is 2.39. The lowest BCUT2D eigenvalue weighted by atomic mass is 10.0. The molecule has 1 rings (SSSR count). The zero-order valence-corrected chi connectivity index (χ0v) is 8.82. The molecule has 0 aliphatic rings. The van der Waals surface area contributed by atoms with Gasteiger partial charge in [0.25, 0.3) is 0 Å². The predicted octanol–water partition coefficient (Wildman–Crippen LogP) is 1.73. The molecule has 1 N–H and O–H groups in total. The van der Waals surface area contributed by atoms with Gasteiger partial charge in [-0.15, -0.1) is 0 Å². The average Bonchev–Trinajstić information content (AvgIpc) is 2.45. The zero-order chi connectivity index (χ0) is 11.4. The van der Waals surface area contributed by atoms with Crippen LogP contribution in [0.4, 0.5) is 0 Å². The molecule has 0 spiro atoms. The lowest BCUT2D eigenvalue weighted by molar-refractivity contribution is -0.142. The second kappa shape index (κ2) is 4.77. The van der Waals surface area contributed by atoms with Gasteiger partial charge in [0.2, 0.25) is 0 Å². The van der Waals surface area contributed by atoms with Crippen LogP contribution >= 0.6 is 0 Å². The number of carbonyl (C=O) groups excluding carboxylic acids is 1. The topological polar surface area (TPSA) is 67.5 Å². The fraction of sp³-hybridized carbons (Fsp3) is 0.455. The third kappa shape index (κ3) is 2.94. The van der Waals surface area contributed by atoms with Gasteiger partial charge in [-0.3, -0.25) is 4.79 Å². The number of aryl methyl sites for hydroxylation is 2. The van der Waals surface area contributed by atoms with Crippen LogP contribution in [0.2, 0.25) is 0 Å². The molecule has 15 heavy (non-hydrogen) atoms. The summed E-state index contributed by atoms with van der Waals surface area (Å²) in [5, 5.41) is 8.84. The van der Waals surface area contributed by atoms with Crippen LogP contribution in [0.25, 0.3) is 0 Å². The summed E-state index contributed by atoms with van der Waals surface area (Å²) >= 11 is 0. The highest BCUT2D eigenvalue weighted by Crippen LogP contribution is 2.18. The predicted molar refractivity (Wildman–Crippen MR) is 53.7 cm³/mol. The van der Waals surface area contributed by atoms with E-state index in [1.54, 1.807) is 0 Å². The summed E-state index contributed by atoms with van der Waals surface area (Å²) in [4.78, 5) is 21.1. The van der Waals surface area contributed by atoms with E-state index in [1.807, 2.05) is 19.9 Å². The number of aldehydes is 1. The summed E-state index contributed by atoms with van der Waals surface area (Å²) < 4.78 is 5.36. The summed E-state index contributed by atoms with van der Waals surface area (Å²) in [6.07, 6.45) is 0.915. The summed E-state index contributed by atoms with van der Waals surface area (Å²) in [7, 11) is 0. The minimum atomic E-state index is -0.964. The van der Waals surface area contributed by atoms with Gasteiger partial charge >= 0.3 is 5.97 Å². The monoisotopic (exact) mass is 210 g/mol. The summed E-state index contributed by atoms with van der Waals surface area (Å²) in [5.74, 6) is -0.235. The quantitative estimate of drug-likeness (QED) is 0.751. The van der Waals surface area contributed by atoms with E-state index < -0.39 is 11.9 Å². The number of furan rings is 1. The summed E-state index contributed by atoms with van der Waals surface area (Å²) in [6, 6.07) is 1.82. The normalized spacial score (nSPS) is 12.4. The lowest BCUT2D eigenvalue weighted by Crippen LogP contribution is -2.16. The maximum atomic E-state index is 10.8. The standard InChI is InChI=1S/C11H14O4/c1-7-5-10(15-8(7)2)6-9(3-4-12)11(13)14/h4-5,9H,3,6H2,1-2H3,(H,13,14). The molecule has 0 aromatic carbocycles. The van der Waals surface area contributed by atoms with Crippen LogP contribution in [0, 0.1) is 19.8 Å². The molecular weight excluding hydrogens is 196 g/mol. The van der Waals surface area contributed by atoms with E-state index in [0.29, 0.717) is 12.0 Å². The first-order valence-corrected chi connectivity index (χ1v) is 4.77. The number of carbonyl (C=O) groups is 2. The first kappa shape index (κ1) is 11.5. The van der Waals surface area contributed by atoms with Crippen molar-refractivity contribution in [2.75, 3.05) is 0 Å². The van der Waals surface area contributed by atoms with Gasteiger partial charge in [-0.05, 0) is 25.5 Å². The molecule has 1 atom stereocenters. The Labute approximate surface area is 87.9 Å². The van der Waals surface area contributed by atoms with Gasteiger partial charge in [0, 0.05) is 12.8 Å². The van der Waals surface area contributed by atoms with E-state index in [-0.39, 0.29) is 12.8 Å². The van der Waals surface area contributed by atoms with Crippen molar-refractivity contribution in [1.29, 1.82) is 0 Å². The van der Waals surface area contributed by atoms with Crippen LogP contribution in [0.15, 0.2) is 10.5 Å². The maximum absolute atomic E-state index is 10.8. The van der Waals surface area contributed by atoms with Gasteiger partial charge in [0.1, 0.15) is 17.8 Å². The second-order valence-electron chi connectivity index (χ2n) is 3.59. The molecule has 0 radical (unpaired) electrons. The van der Waals surface area contributed by atoms with Gasteiger partial charge in [-0.2, -0.15) is 0 Å². The number of aliphatic carboxylic acids is 1. The maximum Gasteiger partial charge on any atom is 0.307 e. The van der Waals surface area contributed by atoms with Crippen LogP contribution in [-0.2, 0) is 16.0 Å². The van der Waals surface area contributed by atoms with Crippen LogP contribution in [-0.4, -0.2) is 17.4 Å². The van der Waals surface area contributed by atoms with Crippen molar-refractivity contribution >= 4 is 12.3 Å². The van der Waals surface area contributed by atoms with Crippen molar-refractivity contribution in [3.8, 4) is 0 Å². The minimum absolute atomic E-state index is 0.0220. The van der Waals surface area contributed by atoms with E-state index in [0.717, 1.165) is 11.3 Å². The average molecular weight is 210 g/mol. The lowest BCUT2D eigenvalue weighted by Gasteiger charge is -2.05. The molecule has 0 fully saturated rings. The van der Waals surface area contributed by atoms with Crippen molar-refractivity contribution < 1.29 is 19.1 Å². The molecule has 1 heterocycles. The number of hydrogen-bond donors (Lipinski definition) is 1. The van der Waals surface area contributed by atoms with E-state index in [2.05, 4.69) is 0 Å². The highest BCUT2D eigenvalue weighted by atomic mass is 16.4. The molecule has 82 valence electrons. The SMILES string of the molecule is Cc1cc(CC(CC=O)C(=O)O)oc1C. The van der Waals surface area contributed by atoms with Crippen molar-refractivity contribution in [3.05, 3.63) is 23.2 Å². The molecule has 0 amide bonds. The Bertz CT molecular complexity index is 345. The van der Waals surface area contributed by atoms with Gasteiger partial charge < -0.3 is 14.3 Å². The fourth-order valence-corrected chi connectivity index (χ4v) is 1.38. The molecule has 1 aromatic rings. The molecule has 0 saturated carbocycles. The van der Waals surface area contributed by atoms with E-state index in [4.69, 9.17) is 9.52 Å². The first-order valence-electron chi connectivity index (χ1n) is 4.77. The Kier molecular flexibility index (Phi) is 3.66. The molecular formula is C11H14O4. The third-order valence-electron chi connectivity index (χ3n) is 2.39. The Morgan fingerprint density at radius 3 is 2.67 bits per heavy atom. The zero-order valence-electron chi connectivity index (χ0n) is 8.82. The molecule has 0 aliphatic heterocycles. The fourth-order valence-electron chi connectivity index (χ4n) is 1.38. The Morgan fingerprint density at radius 2 is 2.27 bits per heavy atom. The van der Waals surface area contributed by atoms with Gasteiger partial charge in [-0.25, -0.2) is 0 Å². The van der Waals surface area contributed by atoms with Crippen LogP contribution in [0.1, 0.15) is 23.5 Å². The highest BCUT2D eigenvalue weighted by Gasteiger charge is 2.19. The number of carboxylic acids is 1. The number of rotatable bonds is 5. The van der Waals surface area contributed by atoms with Gasteiger partial charge in [-0.1, -0.05) is 0 Å². The largest absolute Gasteiger partial charge is 0.481 e.